The fourth-order valence-corrected chi connectivity index (χ4v) is 2.57. The lowest BCUT2D eigenvalue weighted by Crippen LogP contribution is -2.38. The lowest BCUT2D eigenvalue weighted by molar-refractivity contribution is 0.197. The highest BCUT2D eigenvalue weighted by molar-refractivity contribution is 4.83. The molecule has 0 radical (unpaired) electrons. The number of nitrogens with zero attached hydrogens (tertiary/aromatic N) is 1. The third-order valence-corrected chi connectivity index (χ3v) is 3.42. The van der Waals surface area contributed by atoms with Gasteiger partial charge in [-0.25, -0.2) is 0 Å². The summed E-state index contributed by atoms with van der Waals surface area (Å²) in [6.45, 7) is 7.18. The highest BCUT2D eigenvalue weighted by atomic mass is 15.1. The standard InChI is InChI=1S/C13H28N2/c1-13(2)8-5-7-12(11-13)14-9-6-10-15(3)4/h12,14H,5-11H2,1-4H3. The van der Waals surface area contributed by atoms with Crippen molar-refractivity contribution in [2.24, 2.45) is 5.41 Å². The maximum absolute atomic E-state index is 3.71. The predicted molar refractivity (Wildman–Crippen MR) is 67.2 cm³/mol. The van der Waals surface area contributed by atoms with Crippen LogP contribution >= 0.6 is 0 Å². The molecular weight excluding hydrogens is 184 g/mol. The van der Waals surface area contributed by atoms with Crippen LogP contribution in [0.4, 0.5) is 0 Å². The van der Waals surface area contributed by atoms with Crippen molar-refractivity contribution in [2.75, 3.05) is 27.2 Å². The first kappa shape index (κ1) is 13.0. The number of rotatable bonds is 5. The summed E-state index contributed by atoms with van der Waals surface area (Å²) in [7, 11) is 4.29. The van der Waals surface area contributed by atoms with Crippen LogP contribution in [-0.4, -0.2) is 38.1 Å². The summed E-state index contributed by atoms with van der Waals surface area (Å²) in [5.41, 5.74) is 0.567. The zero-order valence-corrected chi connectivity index (χ0v) is 11.0. The highest BCUT2D eigenvalue weighted by Gasteiger charge is 2.27. The van der Waals surface area contributed by atoms with E-state index in [1.165, 1.54) is 45.2 Å². The lowest BCUT2D eigenvalue weighted by Gasteiger charge is -2.35. The second kappa shape index (κ2) is 5.86. The van der Waals surface area contributed by atoms with E-state index < -0.39 is 0 Å². The molecule has 0 heterocycles. The molecule has 0 saturated heterocycles. The van der Waals surface area contributed by atoms with Gasteiger partial charge in [0.25, 0.3) is 0 Å². The maximum Gasteiger partial charge on any atom is 0.00721 e. The van der Waals surface area contributed by atoms with Crippen LogP contribution in [0.15, 0.2) is 0 Å². The van der Waals surface area contributed by atoms with E-state index in [-0.39, 0.29) is 0 Å². The number of hydrogen-bond acceptors (Lipinski definition) is 2. The van der Waals surface area contributed by atoms with E-state index in [2.05, 4.69) is 38.2 Å². The summed E-state index contributed by atoms with van der Waals surface area (Å²) in [4.78, 5) is 2.26. The van der Waals surface area contributed by atoms with Crippen LogP contribution in [0.3, 0.4) is 0 Å². The Morgan fingerprint density at radius 3 is 2.67 bits per heavy atom. The minimum atomic E-state index is 0.567. The molecule has 0 spiro atoms. The van der Waals surface area contributed by atoms with Crippen molar-refractivity contribution in [3.05, 3.63) is 0 Å². The topological polar surface area (TPSA) is 15.3 Å². The van der Waals surface area contributed by atoms with Gasteiger partial charge in [-0.3, -0.25) is 0 Å². The molecule has 0 amide bonds. The first-order valence-corrected chi connectivity index (χ1v) is 6.38. The van der Waals surface area contributed by atoms with Gasteiger partial charge in [-0.15, -0.1) is 0 Å². The molecule has 90 valence electrons. The first-order chi connectivity index (χ1) is 6.99. The summed E-state index contributed by atoms with van der Waals surface area (Å²) < 4.78 is 0. The highest BCUT2D eigenvalue weighted by Crippen LogP contribution is 2.34. The van der Waals surface area contributed by atoms with Gasteiger partial charge in [0, 0.05) is 6.04 Å². The van der Waals surface area contributed by atoms with Gasteiger partial charge in [-0.1, -0.05) is 20.3 Å². The normalized spacial score (nSPS) is 25.8. The number of nitrogens with one attached hydrogen (secondary N) is 1. The van der Waals surface area contributed by atoms with Crippen molar-refractivity contribution in [1.29, 1.82) is 0 Å². The molecule has 1 saturated carbocycles. The van der Waals surface area contributed by atoms with E-state index in [4.69, 9.17) is 0 Å². The number of hydrogen-bond donors (Lipinski definition) is 1. The zero-order valence-electron chi connectivity index (χ0n) is 11.0. The zero-order chi connectivity index (χ0) is 11.3. The van der Waals surface area contributed by atoms with Gasteiger partial charge in [-0.2, -0.15) is 0 Å². The summed E-state index contributed by atoms with van der Waals surface area (Å²) in [6.07, 6.45) is 6.81. The van der Waals surface area contributed by atoms with Crippen molar-refractivity contribution < 1.29 is 0 Å². The van der Waals surface area contributed by atoms with Crippen LogP contribution in [0, 0.1) is 5.41 Å². The van der Waals surface area contributed by atoms with Crippen LogP contribution in [0.2, 0.25) is 0 Å². The van der Waals surface area contributed by atoms with Crippen molar-refractivity contribution in [1.82, 2.24) is 10.2 Å². The van der Waals surface area contributed by atoms with Crippen molar-refractivity contribution in [3.8, 4) is 0 Å². The van der Waals surface area contributed by atoms with Gasteiger partial charge < -0.3 is 10.2 Å². The molecular formula is C13H28N2. The molecule has 0 aliphatic heterocycles. The average molecular weight is 212 g/mol. The maximum atomic E-state index is 3.71. The van der Waals surface area contributed by atoms with Crippen molar-refractivity contribution >= 4 is 0 Å². The quantitative estimate of drug-likeness (QED) is 0.704. The fraction of sp³-hybridized carbons (Fsp3) is 1.00. The van der Waals surface area contributed by atoms with Crippen molar-refractivity contribution in [2.45, 2.75) is 52.0 Å². The summed E-state index contributed by atoms with van der Waals surface area (Å²) in [6, 6.07) is 0.774. The Morgan fingerprint density at radius 2 is 2.07 bits per heavy atom. The Kier molecular flexibility index (Phi) is 5.07. The Morgan fingerprint density at radius 1 is 1.33 bits per heavy atom. The molecule has 1 N–H and O–H groups in total. The van der Waals surface area contributed by atoms with Gasteiger partial charge in [-0.05, 0) is 58.3 Å². The second-order valence-corrected chi connectivity index (χ2v) is 6.07. The Bertz CT molecular complexity index is 175. The molecule has 2 heteroatoms. The smallest absolute Gasteiger partial charge is 0.00721 e. The average Bonchev–Trinajstić information content (AvgIpc) is 2.10. The van der Waals surface area contributed by atoms with Crippen molar-refractivity contribution in [3.63, 3.8) is 0 Å². The molecule has 1 atom stereocenters. The van der Waals surface area contributed by atoms with Crippen LogP contribution < -0.4 is 5.32 Å². The molecule has 2 nitrogen and oxygen atoms in total. The largest absolute Gasteiger partial charge is 0.314 e. The minimum Gasteiger partial charge on any atom is -0.314 e. The second-order valence-electron chi connectivity index (χ2n) is 6.07. The van der Waals surface area contributed by atoms with E-state index in [9.17, 15) is 0 Å². The summed E-state index contributed by atoms with van der Waals surface area (Å²) in [5, 5.41) is 3.71. The fourth-order valence-electron chi connectivity index (χ4n) is 2.57. The van der Waals surface area contributed by atoms with Gasteiger partial charge in [0.05, 0.1) is 0 Å². The summed E-state index contributed by atoms with van der Waals surface area (Å²) >= 11 is 0. The molecule has 1 rings (SSSR count). The first-order valence-electron chi connectivity index (χ1n) is 6.38. The monoisotopic (exact) mass is 212 g/mol. The Hall–Kier alpha value is -0.0800. The molecule has 1 aliphatic rings. The van der Waals surface area contributed by atoms with Gasteiger partial charge in [0.1, 0.15) is 0 Å². The Balaban J connectivity index is 2.11. The molecule has 0 aromatic heterocycles. The third kappa shape index (κ3) is 5.53. The molecule has 1 fully saturated rings. The molecule has 15 heavy (non-hydrogen) atoms. The van der Waals surface area contributed by atoms with Gasteiger partial charge in [0.15, 0.2) is 0 Å². The van der Waals surface area contributed by atoms with Crippen LogP contribution in [-0.2, 0) is 0 Å². The van der Waals surface area contributed by atoms with E-state index in [0.717, 1.165) is 6.04 Å². The Labute approximate surface area is 95.4 Å². The van der Waals surface area contributed by atoms with E-state index in [0.29, 0.717) is 5.41 Å². The molecule has 1 aliphatic carbocycles. The molecule has 0 bridgehead atoms. The molecule has 1 unspecified atom stereocenters. The van der Waals surface area contributed by atoms with E-state index in [1.807, 2.05) is 0 Å². The molecule has 0 aromatic rings. The lowest BCUT2D eigenvalue weighted by atomic mass is 9.75. The van der Waals surface area contributed by atoms with E-state index in [1.54, 1.807) is 0 Å². The van der Waals surface area contributed by atoms with Crippen LogP contribution in [0.1, 0.15) is 46.0 Å². The summed E-state index contributed by atoms with van der Waals surface area (Å²) in [5.74, 6) is 0. The third-order valence-electron chi connectivity index (χ3n) is 3.42. The van der Waals surface area contributed by atoms with Crippen LogP contribution in [0.5, 0.6) is 0 Å². The molecule has 0 aromatic carbocycles. The van der Waals surface area contributed by atoms with Crippen LogP contribution in [0.25, 0.3) is 0 Å². The van der Waals surface area contributed by atoms with E-state index >= 15 is 0 Å². The SMILES string of the molecule is CN(C)CCCNC1CCCC(C)(C)C1. The van der Waals surface area contributed by atoms with Gasteiger partial charge >= 0.3 is 0 Å². The predicted octanol–water partition coefficient (Wildman–Crippen LogP) is 2.50. The minimum absolute atomic E-state index is 0.567. The van der Waals surface area contributed by atoms with Gasteiger partial charge in [0.2, 0.25) is 0 Å².